The first kappa shape index (κ1) is 14.7. The summed E-state index contributed by atoms with van der Waals surface area (Å²) in [5.74, 6) is 1.05. The molecule has 0 spiro atoms. The normalized spacial score (nSPS) is 10.4. The fourth-order valence-corrected chi connectivity index (χ4v) is 1.94. The third-order valence-corrected chi connectivity index (χ3v) is 2.81. The van der Waals surface area contributed by atoms with Gasteiger partial charge in [0.1, 0.15) is 5.82 Å². The summed E-state index contributed by atoms with van der Waals surface area (Å²) in [6.45, 7) is 13.9. The molecule has 100 valence electrons. The summed E-state index contributed by atoms with van der Waals surface area (Å²) in [6, 6.07) is 4.32. The molecule has 1 rings (SSSR count). The van der Waals surface area contributed by atoms with Crippen molar-refractivity contribution in [2.24, 2.45) is 0 Å². The summed E-state index contributed by atoms with van der Waals surface area (Å²) < 4.78 is 0. The molecule has 1 heterocycles. The van der Waals surface area contributed by atoms with Gasteiger partial charge in [-0.15, -0.1) is 6.58 Å². The molecular weight excluding hydrogens is 222 g/mol. The number of pyridine rings is 1. The van der Waals surface area contributed by atoms with Crippen LogP contribution in [0.25, 0.3) is 0 Å². The monoisotopic (exact) mass is 247 g/mol. The van der Waals surface area contributed by atoms with Crippen molar-refractivity contribution in [1.82, 2.24) is 10.3 Å². The minimum Gasteiger partial charge on any atom is -0.353 e. The van der Waals surface area contributed by atoms with Crippen LogP contribution in [-0.2, 0) is 6.54 Å². The zero-order valence-corrected chi connectivity index (χ0v) is 11.9. The highest BCUT2D eigenvalue weighted by molar-refractivity contribution is 5.43. The number of nitrogens with one attached hydrogen (secondary N) is 1. The van der Waals surface area contributed by atoms with Crippen LogP contribution in [0.15, 0.2) is 24.8 Å². The third-order valence-electron chi connectivity index (χ3n) is 2.81. The van der Waals surface area contributed by atoms with E-state index in [0.717, 1.165) is 44.1 Å². The third kappa shape index (κ3) is 4.49. The Morgan fingerprint density at radius 1 is 1.39 bits per heavy atom. The molecule has 0 aliphatic heterocycles. The van der Waals surface area contributed by atoms with E-state index in [1.807, 2.05) is 6.08 Å². The Hall–Kier alpha value is -1.35. The van der Waals surface area contributed by atoms with Crippen LogP contribution in [0.4, 0.5) is 5.82 Å². The van der Waals surface area contributed by atoms with Crippen LogP contribution in [-0.4, -0.2) is 24.6 Å². The average Bonchev–Trinajstić information content (AvgIpc) is 2.35. The van der Waals surface area contributed by atoms with Gasteiger partial charge in [0.15, 0.2) is 0 Å². The zero-order valence-electron chi connectivity index (χ0n) is 11.9. The van der Waals surface area contributed by atoms with Crippen molar-refractivity contribution in [3.8, 4) is 0 Å². The van der Waals surface area contributed by atoms with Crippen LogP contribution >= 0.6 is 0 Å². The molecule has 0 aliphatic rings. The van der Waals surface area contributed by atoms with E-state index >= 15 is 0 Å². The Balaban J connectivity index is 2.81. The predicted molar refractivity (Wildman–Crippen MR) is 79.1 cm³/mol. The molecule has 3 nitrogen and oxygen atoms in total. The van der Waals surface area contributed by atoms with E-state index in [2.05, 4.69) is 54.7 Å². The second-order valence-corrected chi connectivity index (χ2v) is 4.48. The van der Waals surface area contributed by atoms with Gasteiger partial charge in [-0.05, 0) is 44.5 Å². The Morgan fingerprint density at radius 2 is 2.17 bits per heavy atom. The summed E-state index contributed by atoms with van der Waals surface area (Å²) in [7, 11) is 0. The van der Waals surface area contributed by atoms with E-state index in [4.69, 9.17) is 0 Å². The van der Waals surface area contributed by atoms with E-state index < -0.39 is 0 Å². The van der Waals surface area contributed by atoms with Gasteiger partial charge in [-0.2, -0.15) is 0 Å². The SMILES string of the molecule is C=CCN(CC)c1cc(CNCCC)cc(C)n1. The summed E-state index contributed by atoms with van der Waals surface area (Å²) >= 11 is 0. The molecule has 0 atom stereocenters. The lowest BCUT2D eigenvalue weighted by Crippen LogP contribution is -2.24. The Labute approximate surface area is 111 Å². The van der Waals surface area contributed by atoms with Crippen LogP contribution in [0.5, 0.6) is 0 Å². The lowest BCUT2D eigenvalue weighted by molar-refractivity contribution is 0.674. The molecule has 0 bridgehead atoms. The van der Waals surface area contributed by atoms with Gasteiger partial charge in [0.2, 0.25) is 0 Å². The van der Waals surface area contributed by atoms with Crippen molar-refractivity contribution in [2.75, 3.05) is 24.5 Å². The molecule has 0 amide bonds. The van der Waals surface area contributed by atoms with E-state index in [1.54, 1.807) is 0 Å². The summed E-state index contributed by atoms with van der Waals surface area (Å²) in [5.41, 5.74) is 2.37. The van der Waals surface area contributed by atoms with Crippen molar-refractivity contribution in [3.63, 3.8) is 0 Å². The lowest BCUT2D eigenvalue weighted by atomic mass is 10.2. The van der Waals surface area contributed by atoms with E-state index in [0.29, 0.717) is 0 Å². The topological polar surface area (TPSA) is 28.2 Å². The van der Waals surface area contributed by atoms with Gasteiger partial charge in [0.25, 0.3) is 0 Å². The van der Waals surface area contributed by atoms with Crippen molar-refractivity contribution in [1.29, 1.82) is 0 Å². The van der Waals surface area contributed by atoms with E-state index in [-0.39, 0.29) is 0 Å². The molecule has 1 aromatic rings. The van der Waals surface area contributed by atoms with Gasteiger partial charge in [0.05, 0.1) is 0 Å². The number of hydrogen-bond donors (Lipinski definition) is 1. The fourth-order valence-electron chi connectivity index (χ4n) is 1.94. The van der Waals surface area contributed by atoms with Gasteiger partial charge >= 0.3 is 0 Å². The van der Waals surface area contributed by atoms with Crippen molar-refractivity contribution < 1.29 is 0 Å². The van der Waals surface area contributed by atoms with Crippen molar-refractivity contribution in [2.45, 2.75) is 33.7 Å². The van der Waals surface area contributed by atoms with Crippen LogP contribution in [0.2, 0.25) is 0 Å². The number of aromatic nitrogens is 1. The van der Waals surface area contributed by atoms with Gasteiger partial charge in [0, 0.05) is 25.3 Å². The first-order chi connectivity index (χ1) is 8.71. The largest absolute Gasteiger partial charge is 0.353 e. The fraction of sp³-hybridized carbons (Fsp3) is 0.533. The molecule has 0 saturated carbocycles. The molecule has 0 aromatic carbocycles. The van der Waals surface area contributed by atoms with Gasteiger partial charge < -0.3 is 10.2 Å². The second kappa shape index (κ2) is 7.88. The molecule has 0 saturated heterocycles. The Morgan fingerprint density at radius 3 is 2.78 bits per heavy atom. The zero-order chi connectivity index (χ0) is 13.4. The minimum absolute atomic E-state index is 0.842. The predicted octanol–water partition coefficient (Wildman–Crippen LogP) is 2.90. The molecule has 0 fully saturated rings. The molecule has 1 aromatic heterocycles. The number of nitrogens with zero attached hydrogens (tertiary/aromatic N) is 2. The first-order valence-electron chi connectivity index (χ1n) is 6.75. The number of hydrogen-bond acceptors (Lipinski definition) is 3. The average molecular weight is 247 g/mol. The summed E-state index contributed by atoms with van der Waals surface area (Å²) in [6.07, 6.45) is 3.08. The van der Waals surface area contributed by atoms with E-state index in [9.17, 15) is 0 Å². The number of rotatable bonds is 8. The number of anilines is 1. The van der Waals surface area contributed by atoms with Crippen molar-refractivity contribution >= 4 is 5.82 Å². The van der Waals surface area contributed by atoms with Crippen LogP contribution in [0, 0.1) is 6.92 Å². The van der Waals surface area contributed by atoms with Gasteiger partial charge in [-0.3, -0.25) is 0 Å². The maximum atomic E-state index is 4.60. The smallest absolute Gasteiger partial charge is 0.129 e. The highest BCUT2D eigenvalue weighted by atomic mass is 15.2. The lowest BCUT2D eigenvalue weighted by Gasteiger charge is -2.21. The van der Waals surface area contributed by atoms with Gasteiger partial charge in [-0.25, -0.2) is 4.98 Å². The molecule has 0 aliphatic carbocycles. The molecule has 1 N–H and O–H groups in total. The second-order valence-electron chi connectivity index (χ2n) is 4.48. The number of aryl methyl sites for hydroxylation is 1. The highest BCUT2D eigenvalue weighted by Crippen LogP contribution is 2.15. The molecular formula is C15H25N3. The van der Waals surface area contributed by atoms with Crippen LogP contribution < -0.4 is 10.2 Å². The molecule has 0 unspecified atom stereocenters. The summed E-state index contributed by atoms with van der Waals surface area (Å²) in [5, 5.41) is 3.43. The minimum atomic E-state index is 0.842. The quantitative estimate of drug-likeness (QED) is 0.565. The maximum Gasteiger partial charge on any atom is 0.129 e. The van der Waals surface area contributed by atoms with Crippen LogP contribution in [0.1, 0.15) is 31.5 Å². The van der Waals surface area contributed by atoms with Crippen LogP contribution in [0.3, 0.4) is 0 Å². The first-order valence-corrected chi connectivity index (χ1v) is 6.75. The Bertz CT molecular complexity index is 374. The molecule has 18 heavy (non-hydrogen) atoms. The van der Waals surface area contributed by atoms with Crippen molar-refractivity contribution in [3.05, 3.63) is 36.0 Å². The van der Waals surface area contributed by atoms with Gasteiger partial charge in [-0.1, -0.05) is 13.0 Å². The highest BCUT2D eigenvalue weighted by Gasteiger charge is 2.06. The summed E-state index contributed by atoms with van der Waals surface area (Å²) in [4.78, 5) is 6.83. The number of likely N-dealkylation sites (N-methyl/N-ethyl adjacent to an activating group) is 1. The Kier molecular flexibility index (Phi) is 6.44. The standard InChI is InChI=1S/C15H25N3/c1-5-8-16-12-14-10-13(4)17-15(11-14)18(7-3)9-6-2/h6,10-11,16H,2,5,7-9,12H2,1,3-4H3. The van der Waals surface area contributed by atoms with E-state index in [1.165, 1.54) is 5.56 Å². The maximum absolute atomic E-state index is 4.60. The molecule has 3 heteroatoms. The molecule has 0 radical (unpaired) electrons.